The molecule has 0 spiro atoms. The molecule has 0 saturated carbocycles. The van der Waals surface area contributed by atoms with E-state index in [9.17, 15) is 14.7 Å². The van der Waals surface area contributed by atoms with Crippen molar-refractivity contribution in [3.63, 3.8) is 0 Å². The zero-order chi connectivity index (χ0) is 21.5. The Labute approximate surface area is 166 Å². The minimum atomic E-state index is -0.726. The molecule has 7 nitrogen and oxygen atoms in total. The first-order chi connectivity index (χ1) is 12.7. The van der Waals surface area contributed by atoms with Gasteiger partial charge in [0.25, 0.3) is 0 Å². The van der Waals surface area contributed by atoms with Crippen LogP contribution in [0.1, 0.15) is 47.1 Å². The zero-order valence-corrected chi connectivity index (χ0v) is 17.5. The highest BCUT2D eigenvalue weighted by Crippen LogP contribution is 2.17. The number of rotatable bonds is 7. The summed E-state index contributed by atoms with van der Waals surface area (Å²) in [7, 11) is 0. The van der Waals surface area contributed by atoms with Gasteiger partial charge in [-0.3, -0.25) is 0 Å². The van der Waals surface area contributed by atoms with Gasteiger partial charge in [0.2, 0.25) is 0 Å². The number of aliphatic hydroxyl groups excluding tert-OH is 1. The van der Waals surface area contributed by atoms with Gasteiger partial charge in [-0.2, -0.15) is 0 Å². The number of carbonyl (C=O) groups is 2. The van der Waals surface area contributed by atoms with Crippen LogP contribution in [0.25, 0.3) is 0 Å². The molecule has 0 aliphatic carbocycles. The molecule has 0 aromatic heterocycles. The van der Waals surface area contributed by atoms with E-state index < -0.39 is 29.3 Å². The fourth-order valence-electron chi connectivity index (χ4n) is 2.21. The van der Waals surface area contributed by atoms with E-state index in [4.69, 9.17) is 14.2 Å². The van der Waals surface area contributed by atoms with Crippen molar-refractivity contribution in [1.29, 1.82) is 0 Å². The monoisotopic (exact) mass is 393 g/mol. The van der Waals surface area contributed by atoms with Crippen molar-refractivity contribution in [3.05, 3.63) is 42.2 Å². The average molecular weight is 393 g/mol. The topological polar surface area (TPSA) is 94.1 Å². The summed E-state index contributed by atoms with van der Waals surface area (Å²) in [6, 6.07) is 6.27. The lowest BCUT2D eigenvalue weighted by molar-refractivity contribution is -0.157. The molecule has 1 aromatic rings. The van der Waals surface area contributed by atoms with Crippen molar-refractivity contribution in [2.24, 2.45) is 0 Å². The van der Waals surface area contributed by atoms with Gasteiger partial charge in [0.1, 0.15) is 22.7 Å². The van der Waals surface area contributed by atoms with Crippen LogP contribution in [0.3, 0.4) is 0 Å². The molecule has 0 bridgehead atoms. The van der Waals surface area contributed by atoms with Gasteiger partial charge in [-0.15, -0.1) is 0 Å². The molecule has 7 heteroatoms. The molecule has 0 aliphatic rings. The number of amides is 1. The predicted molar refractivity (Wildman–Crippen MR) is 106 cm³/mol. The van der Waals surface area contributed by atoms with Crippen LogP contribution in [-0.4, -0.2) is 41.0 Å². The first kappa shape index (κ1) is 23.3. The normalized spacial score (nSPS) is 12.6. The Balaban J connectivity index is 2.71. The van der Waals surface area contributed by atoms with Crippen molar-refractivity contribution in [2.45, 2.75) is 65.2 Å². The largest absolute Gasteiger partial charge is 0.511 e. The minimum absolute atomic E-state index is 0.189. The van der Waals surface area contributed by atoms with Crippen molar-refractivity contribution < 1.29 is 28.9 Å². The lowest BCUT2D eigenvalue weighted by Gasteiger charge is -2.23. The molecule has 0 aliphatic heterocycles. The number of hydrogen-bond acceptors (Lipinski definition) is 6. The minimum Gasteiger partial charge on any atom is -0.511 e. The third kappa shape index (κ3) is 9.85. The maximum absolute atomic E-state index is 12.0. The quantitative estimate of drug-likeness (QED) is 0.539. The average Bonchev–Trinajstić information content (AvgIpc) is 2.49. The maximum atomic E-state index is 12.0. The summed E-state index contributed by atoms with van der Waals surface area (Å²) < 4.78 is 15.9. The van der Waals surface area contributed by atoms with Gasteiger partial charge in [-0.25, -0.2) is 9.59 Å². The summed E-state index contributed by atoms with van der Waals surface area (Å²) in [5.74, 6) is -0.181. The number of carbonyl (C=O) groups excluding carboxylic acids is 2. The third-order valence-corrected chi connectivity index (χ3v) is 3.21. The molecule has 0 heterocycles. The number of esters is 1. The van der Waals surface area contributed by atoms with Gasteiger partial charge in [0.05, 0.1) is 6.04 Å². The number of ether oxygens (including phenoxy) is 3. The molecule has 1 rings (SSSR count). The maximum Gasteiger partial charge on any atom is 0.408 e. The molecule has 28 heavy (non-hydrogen) atoms. The Morgan fingerprint density at radius 1 is 1.11 bits per heavy atom. The van der Waals surface area contributed by atoms with E-state index in [0.717, 1.165) is 5.56 Å². The van der Waals surface area contributed by atoms with Gasteiger partial charge in [0.15, 0.2) is 6.61 Å². The fourth-order valence-corrected chi connectivity index (χ4v) is 2.21. The number of hydrogen-bond donors (Lipinski definition) is 2. The molecule has 1 amide bonds. The summed E-state index contributed by atoms with van der Waals surface area (Å²) in [6.45, 7) is 13.9. The van der Waals surface area contributed by atoms with Gasteiger partial charge >= 0.3 is 12.1 Å². The van der Waals surface area contributed by atoms with Crippen molar-refractivity contribution in [1.82, 2.24) is 5.32 Å². The van der Waals surface area contributed by atoms with E-state index in [0.29, 0.717) is 5.75 Å². The molecule has 156 valence electrons. The van der Waals surface area contributed by atoms with Gasteiger partial charge < -0.3 is 24.6 Å². The zero-order valence-electron chi connectivity index (χ0n) is 17.5. The summed E-state index contributed by atoms with van der Waals surface area (Å²) in [5, 5.41) is 12.4. The first-order valence-electron chi connectivity index (χ1n) is 9.06. The second-order valence-electron chi connectivity index (χ2n) is 8.42. The van der Waals surface area contributed by atoms with Crippen LogP contribution < -0.4 is 10.1 Å². The predicted octanol–water partition coefficient (Wildman–Crippen LogP) is 3.91. The van der Waals surface area contributed by atoms with E-state index in [1.54, 1.807) is 59.7 Å². The molecule has 0 unspecified atom stereocenters. The second kappa shape index (κ2) is 9.48. The van der Waals surface area contributed by atoms with Crippen molar-refractivity contribution in [2.75, 3.05) is 6.61 Å². The fraction of sp³-hybridized carbons (Fsp3) is 0.524. The van der Waals surface area contributed by atoms with Crippen molar-refractivity contribution in [3.8, 4) is 5.75 Å². The van der Waals surface area contributed by atoms with E-state index in [1.165, 1.54) is 0 Å². The summed E-state index contributed by atoms with van der Waals surface area (Å²) in [5.41, 5.74) is -0.455. The van der Waals surface area contributed by atoms with Gasteiger partial charge in [-0.1, -0.05) is 18.7 Å². The summed E-state index contributed by atoms with van der Waals surface area (Å²) in [6.07, 6.45) is -0.372. The van der Waals surface area contributed by atoms with E-state index in [-0.39, 0.29) is 18.8 Å². The highest BCUT2D eigenvalue weighted by atomic mass is 16.6. The van der Waals surface area contributed by atoms with Crippen LogP contribution in [0.4, 0.5) is 4.79 Å². The highest BCUT2D eigenvalue weighted by Gasteiger charge is 2.22. The Bertz CT molecular complexity index is 700. The van der Waals surface area contributed by atoms with E-state index in [1.807, 2.05) is 6.07 Å². The standard InChI is InChI=1S/C21H31NO6/c1-14(23)17(22-19(25)28-21(5,6)7)12-15-9-8-10-16(11-15)26-13-18(24)27-20(2,3)4/h8-11,17,23H,1,12-13H2,2-7H3,(H,22,25)/t17-/m0/s1. The van der Waals surface area contributed by atoms with Gasteiger partial charge in [-0.05, 0) is 59.2 Å². The number of nitrogens with one attached hydrogen (secondary N) is 1. The molecular formula is C21H31NO6. The smallest absolute Gasteiger partial charge is 0.408 e. The van der Waals surface area contributed by atoms with E-state index >= 15 is 0 Å². The highest BCUT2D eigenvalue weighted by molar-refractivity contribution is 5.71. The Hall–Kier alpha value is -2.70. The Kier molecular flexibility index (Phi) is 7.90. The Morgan fingerprint density at radius 2 is 1.71 bits per heavy atom. The number of benzene rings is 1. The van der Waals surface area contributed by atoms with Crippen molar-refractivity contribution >= 4 is 12.1 Å². The summed E-state index contributed by atoms with van der Waals surface area (Å²) in [4.78, 5) is 23.7. The van der Waals surface area contributed by atoms with E-state index in [2.05, 4.69) is 11.9 Å². The second-order valence-corrected chi connectivity index (χ2v) is 8.42. The molecule has 1 atom stereocenters. The number of aliphatic hydroxyl groups is 1. The van der Waals surface area contributed by atoms with Crippen LogP contribution in [-0.2, 0) is 20.7 Å². The molecule has 0 fully saturated rings. The first-order valence-corrected chi connectivity index (χ1v) is 9.06. The molecule has 2 N–H and O–H groups in total. The molecular weight excluding hydrogens is 362 g/mol. The molecule has 1 aromatic carbocycles. The summed E-state index contributed by atoms with van der Waals surface area (Å²) >= 11 is 0. The van der Waals surface area contributed by atoms with Crippen LogP contribution in [0.2, 0.25) is 0 Å². The third-order valence-electron chi connectivity index (χ3n) is 3.21. The molecule has 0 radical (unpaired) electrons. The van der Waals surface area contributed by atoms with Crippen LogP contribution in [0.5, 0.6) is 5.75 Å². The Morgan fingerprint density at radius 3 is 2.25 bits per heavy atom. The lowest BCUT2D eigenvalue weighted by atomic mass is 10.0. The number of alkyl carbamates (subject to hydrolysis) is 1. The SMILES string of the molecule is C=C(O)[C@H](Cc1cccc(OCC(=O)OC(C)(C)C)c1)NC(=O)OC(C)(C)C. The van der Waals surface area contributed by atoms with Crippen LogP contribution in [0.15, 0.2) is 36.6 Å². The van der Waals surface area contributed by atoms with Gasteiger partial charge in [0, 0.05) is 6.42 Å². The lowest BCUT2D eigenvalue weighted by Crippen LogP contribution is -2.41. The molecule has 0 saturated heterocycles. The van der Waals surface area contributed by atoms with Crippen LogP contribution in [0, 0.1) is 0 Å². The van der Waals surface area contributed by atoms with Crippen LogP contribution >= 0.6 is 0 Å².